The van der Waals surface area contributed by atoms with Crippen molar-refractivity contribution in [1.29, 1.82) is 5.26 Å². The van der Waals surface area contributed by atoms with Crippen molar-refractivity contribution in [3.8, 4) is 6.07 Å². The molecule has 0 radical (unpaired) electrons. The van der Waals surface area contributed by atoms with Crippen molar-refractivity contribution in [3.05, 3.63) is 23.4 Å². The fraction of sp³-hybridized carbons (Fsp3) is 0.538. The Labute approximate surface area is 103 Å². The Bertz CT molecular complexity index is 406. The molecule has 0 unspecified atom stereocenters. The van der Waals surface area contributed by atoms with Crippen LogP contribution in [0.15, 0.2) is 12.1 Å². The minimum absolute atomic E-state index is 0.673. The Kier molecular flexibility index (Phi) is 4.92. The molecule has 1 rings (SSSR count). The zero-order valence-corrected chi connectivity index (χ0v) is 11.1. The van der Waals surface area contributed by atoms with E-state index in [4.69, 9.17) is 5.26 Å². The van der Waals surface area contributed by atoms with Gasteiger partial charge in [0.2, 0.25) is 0 Å². The topological polar surface area (TPSA) is 43.2 Å². The Hall–Kier alpha value is -1.60. The predicted molar refractivity (Wildman–Crippen MR) is 70.1 cm³/mol. The second kappa shape index (κ2) is 6.21. The van der Waals surface area contributed by atoms with Gasteiger partial charge in [-0.15, -0.1) is 0 Å². The molecule has 0 aliphatic heterocycles. The second-order valence-electron chi connectivity index (χ2n) is 4.55. The van der Waals surface area contributed by atoms with Crippen LogP contribution < -0.4 is 4.90 Å². The van der Waals surface area contributed by atoms with Crippen molar-refractivity contribution in [2.75, 3.05) is 39.1 Å². The molecule has 0 N–H and O–H groups in total. The smallest absolute Gasteiger partial charge is 0.129 e. The minimum Gasteiger partial charge on any atom is -0.360 e. The number of anilines is 1. The van der Waals surface area contributed by atoms with E-state index in [1.54, 1.807) is 6.07 Å². The van der Waals surface area contributed by atoms with Gasteiger partial charge in [-0.2, -0.15) is 5.26 Å². The van der Waals surface area contributed by atoms with Crippen LogP contribution in [0, 0.1) is 18.3 Å². The highest BCUT2D eigenvalue weighted by atomic mass is 15.2. The summed E-state index contributed by atoms with van der Waals surface area (Å²) in [6.45, 7) is 3.92. The summed E-state index contributed by atoms with van der Waals surface area (Å²) in [6.07, 6.45) is 1.08. The van der Waals surface area contributed by atoms with Gasteiger partial charge in [0, 0.05) is 19.3 Å². The molecule has 0 aromatic carbocycles. The molecular weight excluding hydrogens is 212 g/mol. The number of hydrogen-bond acceptors (Lipinski definition) is 4. The average molecular weight is 232 g/mol. The normalized spacial score (nSPS) is 10.4. The molecular formula is C13H20N4. The summed E-state index contributed by atoms with van der Waals surface area (Å²) in [5, 5.41) is 8.91. The van der Waals surface area contributed by atoms with Crippen molar-refractivity contribution in [2.45, 2.75) is 13.3 Å². The maximum atomic E-state index is 8.91. The lowest BCUT2D eigenvalue weighted by Gasteiger charge is -2.20. The van der Waals surface area contributed by atoms with Gasteiger partial charge in [0.15, 0.2) is 0 Å². The molecule has 17 heavy (non-hydrogen) atoms. The van der Waals surface area contributed by atoms with Crippen molar-refractivity contribution < 1.29 is 0 Å². The van der Waals surface area contributed by atoms with Crippen LogP contribution >= 0.6 is 0 Å². The Morgan fingerprint density at radius 1 is 1.24 bits per heavy atom. The molecule has 0 saturated heterocycles. The van der Waals surface area contributed by atoms with Crippen molar-refractivity contribution in [3.63, 3.8) is 0 Å². The summed E-state index contributed by atoms with van der Waals surface area (Å²) in [6, 6.07) is 5.80. The third-order valence-corrected chi connectivity index (χ3v) is 2.56. The van der Waals surface area contributed by atoms with E-state index in [1.807, 2.05) is 20.0 Å². The first-order chi connectivity index (χ1) is 8.02. The number of rotatable bonds is 5. The number of nitriles is 1. The van der Waals surface area contributed by atoms with Gasteiger partial charge in [0.1, 0.15) is 5.82 Å². The van der Waals surface area contributed by atoms with Crippen LogP contribution in [0.4, 0.5) is 5.82 Å². The Morgan fingerprint density at radius 3 is 2.53 bits per heavy atom. The van der Waals surface area contributed by atoms with Gasteiger partial charge in [0.05, 0.1) is 11.6 Å². The number of pyridine rings is 1. The maximum Gasteiger partial charge on any atom is 0.129 e. The highest BCUT2D eigenvalue weighted by Gasteiger charge is 2.05. The van der Waals surface area contributed by atoms with E-state index in [9.17, 15) is 0 Å². The minimum atomic E-state index is 0.673. The molecule has 0 amide bonds. The number of nitrogens with zero attached hydrogens (tertiary/aromatic N) is 4. The van der Waals surface area contributed by atoms with Crippen molar-refractivity contribution in [2.24, 2.45) is 0 Å². The largest absolute Gasteiger partial charge is 0.360 e. The fourth-order valence-electron chi connectivity index (χ4n) is 1.65. The standard InChI is InChI=1S/C13H20N4/c1-11-8-12(10-14)9-13(15-11)17(4)7-5-6-16(2)3/h8-9H,5-7H2,1-4H3. The van der Waals surface area contributed by atoms with E-state index >= 15 is 0 Å². The van der Waals surface area contributed by atoms with E-state index in [-0.39, 0.29) is 0 Å². The van der Waals surface area contributed by atoms with E-state index in [0.29, 0.717) is 5.56 Å². The lowest BCUT2D eigenvalue weighted by Crippen LogP contribution is -2.24. The van der Waals surface area contributed by atoms with Crippen LogP contribution in [0.3, 0.4) is 0 Å². The molecule has 4 heteroatoms. The van der Waals surface area contributed by atoms with Gasteiger partial charge in [0.25, 0.3) is 0 Å². The van der Waals surface area contributed by atoms with E-state index < -0.39 is 0 Å². The van der Waals surface area contributed by atoms with Gasteiger partial charge in [-0.1, -0.05) is 0 Å². The summed E-state index contributed by atoms with van der Waals surface area (Å²) in [5.41, 5.74) is 1.56. The first-order valence-corrected chi connectivity index (χ1v) is 5.77. The quantitative estimate of drug-likeness (QED) is 0.774. The van der Waals surface area contributed by atoms with Crippen LogP contribution in [-0.2, 0) is 0 Å². The van der Waals surface area contributed by atoms with Crippen LogP contribution in [0.5, 0.6) is 0 Å². The molecule has 0 fully saturated rings. The number of aryl methyl sites for hydroxylation is 1. The number of hydrogen-bond donors (Lipinski definition) is 0. The molecule has 1 aromatic heterocycles. The Morgan fingerprint density at radius 2 is 1.94 bits per heavy atom. The molecule has 0 aliphatic rings. The van der Waals surface area contributed by atoms with Crippen LogP contribution in [0.1, 0.15) is 17.7 Å². The monoisotopic (exact) mass is 232 g/mol. The van der Waals surface area contributed by atoms with Crippen LogP contribution in [0.2, 0.25) is 0 Å². The van der Waals surface area contributed by atoms with Gasteiger partial charge in [-0.3, -0.25) is 0 Å². The van der Waals surface area contributed by atoms with Crippen LogP contribution in [0.25, 0.3) is 0 Å². The summed E-state index contributed by atoms with van der Waals surface area (Å²) in [7, 11) is 6.15. The molecule has 0 aliphatic carbocycles. The third-order valence-electron chi connectivity index (χ3n) is 2.56. The van der Waals surface area contributed by atoms with Crippen molar-refractivity contribution in [1.82, 2.24) is 9.88 Å². The van der Waals surface area contributed by atoms with Gasteiger partial charge >= 0.3 is 0 Å². The Balaban J connectivity index is 2.65. The first-order valence-electron chi connectivity index (χ1n) is 5.77. The fourth-order valence-corrected chi connectivity index (χ4v) is 1.65. The zero-order valence-electron chi connectivity index (χ0n) is 11.1. The molecule has 1 heterocycles. The molecule has 92 valence electrons. The highest BCUT2D eigenvalue weighted by molar-refractivity contribution is 5.45. The molecule has 4 nitrogen and oxygen atoms in total. The van der Waals surface area contributed by atoms with Crippen molar-refractivity contribution >= 4 is 5.82 Å². The highest BCUT2D eigenvalue weighted by Crippen LogP contribution is 2.13. The second-order valence-corrected chi connectivity index (χ2v) is 4.55. The first kappa shape index (κ1) is 13.5. The summed E-state index contributed by atoms with van der Waals surface area (Å²) in [4.78, 5) is 8.70. The summed E-state index contributed by atoms with van der Waals surface area (Å²) in [5.74, 6) is 0.875. The van der Waals surface area contributed by atoms with E-state index in [0.717, 1.165) is 31.0 Å². The summed E-state index contributed by atoms with van der Waals surface area (Å²) < 4.78 is 0. The molecule has 1 aromatic rings. The maximum absolute atomic E-state index is 8.91. The zero-order chi connectivity index (χ0) is 12.8. The van der Waals surface area contributed by atoms with E-state index in [1.165, 1.54) is 0 Å². The third kappa shape index (κ3) is 4.41. The van der Waals surface area contributed by atoms with Gasteiger partial charge < -0.3 is 9.80 Å². The van der Waals surface area contributed by atoms with Crippen LogP contribution in [-0.4, -0.2) is 44.1 Å². The SMILES string of the molecule is Cc1cc(C#N)cc(N(C)CCCN(C)C)n1. The predicted octanol–water partition coefficient (Wildman–Crippen LogP) is 1.65. The lowest BCUT2D eigenvalue weighted by atomic mass is 10.2. The molecule has 0 bridgehead atoms. The van der Waals surface area contributed by atoms with Gasteiger partial charge in [-0.25, -0.2) is 4.98 Å². The molecule has 0 saturated carbocycles. The van der Waals surface area contributed by atoms with Gasteiger partial charge in [-0.05, 0) is 46.1 Å². The number of aromatic nitrogens is 1. The van der Waals surface area contributed by atoms with E-state index in [2.05, 4.69) is 34.9 Å². The average Bonchev–Trinajstić information content (AvgIpc) is 2.27. The lowest BCUT2D eigenvalue weighted by molar-refractivity contribution is 0.401. The summed E-state index contributed by atoms with van der Waals surface area (Å²) >= 11 is 0. The molecule has 0 spiro atoms. The molecule has 0 atom stereocenters.